The summed E-state index contributed by atoms with van der Waals surface area (Å²) in [5.41, 5.74) is 2.88. The zero-order valence-electron chi connectivity index (χ0n) is 16.8. The molecule has 1 N–H and O–H groups in total. The Morgan fingerprint density at radius 1 is 1.10 bits per heavy atom. The first-order valence-electron chi connectivity index (χ1n) is 9.55. The van der Waals surface area contributed by atoms with Gasteiger partial charge in [0.05, 0.1) is 18.1 Å². The SMILES string of the molecule is CCOC(=O)C1=C(C)N(c2ccccc2)C(=O)C[C@H]1C(=O)Nc1cccc(C)c1. The van der Waals surface area contributed by atoms with E-state index in [1.54, 1.807) is 32.0 Å². The van der Waals surface area contributed by atoms with E-state index in [0.29, 0.717) is 17.1 Å². The van der Waals surface area contributed by atoms with Crippen LogP contribution in [0.1, 0.15) is 25.8 Å². The standard InChI is InChI=1S/C23H24N2O4/c1-4-29-23(28)21-16(3)25(18-11-6-5-7-12-18)20(26)14-19(21)22(27)24-17-10-8-9-15(2)13-17/h5-13,19H,4,14H2,1-3H3,(H,24,27)/t19-/m1/s1. The first-order chi connectivity index (χ1) is 13.9. The van der Waals surface area contributed by atoms with Gasteiger partial charge in [0.25, 0.3) is 0 Å². The molecule has 2 amide bonds. The summed E-state index contributed by atoms with van der Waals surface area (Å²) in [5, 5.41) is 2.82. The number of nitrogens with one attached hydrogen (secondary N) is 1. The smallest absolute Gasteiger partial charge is 0.336 e. The molecule has 0 saturated carbocycles. The van der Waals surface area contributed by atoms with Crippen LogP contribution >= 0.6 is 0 Å². The van der Waals surface area contributed by atoms with Gasteiger partial charge in [0.1, 0.15) is 0 Å². The minimum Gasteiger partial charge on any atom is -0.463 e. The van der Waals surface area contributed by atoms with Crippen molar-refractivity contribution in [2.24, 2.45) is 5.92 Å². The molecule has 0 saturated heterocycles. The molecule has 0 unspecified atom stereocenters. The van der Waals surface area contributed by atoms with Crippen LogP contribution in [0.3, 0.4) is 0 Å². The van der Waals surface area contributed by atoms with Crippen molar-refractivity contribution in [2.75, 3.05) is 16.8 Å². The number of benzene rings is 2. The predicted molar refractivity (Wildman–Crippen MR) is 111 cm³/mol. The van der Waals surface area contributed by atoms with Crippen molar-refractivity contribution < 1.29 is 19.1 Å². The summed E-state index contributed by atoms with van der Waals surface area (Å²) >= 11 is 0. The zero-order valence-corrected chi connectivity index (χ0v) is 16.8. The van der Waals surface area contributed by atoms with Crippen LogP contribution in [0.25, 0.3) is 0 Å². The van der Waals surface area contributed by atoms with E-state index in [0.717, 1.165) is 5.56 Å². The van der Waals surface area contributed by atoms with E-state index in [9.17, 15) is 14.4 Å². The molecule has 6 heteroatoms. The second-order valence-electron chi connectivity index (χ2n) is 6.90. The van der Waals surface area contributed by atoms with E-state index >= 15 is 0 Å². The van der Waals surface area contributed by atoms with Crippen molar-refractivity contribution in [3.05, 3.63) is 71.4 Å². The molecule has 1 atom stereocenters. The van der Waals surface area contributed by atoms with E-state index in [1.165, 1.54) is 4.90 Å². The Hall–Kier alpha value is -3.41. The average molecular weight is 392 g/mol. The van der Waals surface area contributed by atoms with Gasteiger partial charge in [-0.3, -0.25) is 14.5 Å². The maximum atomic E-state index is 13.0. The summed E-state index contributed by atoms with van der Waals surface area (Å²) in [6.07, 6.45) is -0.113. The van der Waals surface area contributed by atoms with E-state index in [4.69, 9.17) is 4.74 Å². The molecule has 29 heavy (non-hydrogen) atoms. The fraction of sp³-hybridized carbons (Fsp3) is 0.261. The Balaban J connectivity index is 1.99. The quantitative estimate of drug-likeness (QED) is 0.785. The van der Waals surface area contributed by atoms with E-state index in [2.05, 4.69) is 5.32 Å². The zero-order chi connectivity index (χ0) is 21.0. The molecule has 0 aromatic heterocycles. The molecular formula is C23H24N2O4. The fourth-order valence-corrected chi connectivity index (χ4v) is 3.52. The molecule has 0 bridgehead atoms. The minimum atomic E-state index is -0.915. The summed E-state index contributed by atoms with van der Waals surface area (Å²) in [7, 11) is 0. The van der Waals surface area contributed by atoms with E-state index in [1.807, 2.05) is 43.3 Å². The Morgan fingerprint density at radius 3 is 2.48 bits per heavy atom. The number of amides is 2. The van der Waals surface area contributed by atoms with E-state index < -0.39 is 17.8 Å². The van der Waals surface area contributed by atoms with Crippen molar-refractivity contribution in [2.45, 2.75) is 27.2 Å². The molecular weight excluding hydrogens is 368 g/mol. The summed E-state index contributed by atoms with van der Waals surface area (Å²) in [5.74, 6) is -2.14. The van der Waals surface area contributed by atoms with Gasteiger partial charge in [0.2, 0.25) is 11.8 Å². The minimum absolute atomic E-state index is 0.113. The normalized spacial score (nSPS) is 16.6. The molecule has 0 radical (unpaired) electrons. The number of esters is 1. The Labute approximate surface area is 170 Å². The van der Waals surface area contributed by atoms with Crippen molar-refractivity contribution >= 4 is 29.2 Å². The van der Waals surface area contributed by atoms with Crippen LogP contribution in [0.15, 0.2) is 65.9 Å². The maximum absolute atomic E-state index is 13.0. The van der Waals surface area contributed by atoms with E-state index in [-0.39, 0.29) is 24.5 Å². The second-order valence-corrected chi connectivity index (χ2v) is 6.90. The number of carbonyl (C=O) groups is 3. The molecule has 150 valence electrons. The number of rotatable bonds is 5. The van der Waals surface area contributed by atoms with Gasteiger partial charge in [-0.05, 0) is 50.6 Å². The number of nitrogens with zero attached hydrogens (tertiary/aromatic N) is 1. The maximum Gasteiger partial charge on any atom is 0.336 e. The molecule has 1 heterocycles. The number of hydrogen-bond acceptors (Lipinski definition) is 4. The number of aryl methyl sites for hydroxylation is 1. The second kappa shape index (κ2) is 8.73. The van der Waals surface area contributed by atoms with Crippen LogP contribution in [0.4, 0.5) is 11.4 Å². The summed E-state index contributed by atoms with van der Waals surface area (Å²) in [4.78, 5) is 40.1. The van der Waals surface area contributed by atoms with Gasteiger partial charge in [0.15, 0.2) is 0 Å². The Kier molecular flexibility index (Phi) is 6.12. The third-order valence-electron chi connectivity index (χ3n) is 4.81. The number of ether oxygens (including phenoxy) is 1. The highest BCUT2D eigenvalue weighted by Gasteiger charge is 2.40. The van der Waals surface area contributed by atoms with Gasteiger partial charge in [0, 0.05) is 23.5 Å². The number of allylic oxidation sites excluding steroid dienone is 1. The molecule has 2 aromatic rings. The number of para-hydroxylation sites is 1. The highest BCUT2D eigenvalue weighted by Crippen LogP contribution is 2.34. The lowest BCUT2D eigenvalue weighted by Crippen LogP contribution is -2.43. The monoisotopic (exact) mass is 392 g/mol. The molecule has 2 aromatic carbocycles. The lowest BCUT2D eigenvalue weighted by Gasteiger charge is -2.33. The molecule has 0 spiro atoms. The van der Waals surface area contributed by atoms with Crippen molar-refractivity contribution in [1.29, 1.82) is 0 Å². The van der Waals surface area contributed by atoms with Gasteiger partial charge in [-0.15, -0.1) is 0 Å². The van der Waals surface area contributed by atoms with Crippen molar-refractivity contribution in [3.63, 3.8) is 0 Å². The fourth-order valence-electron chi connectivity index (χ4n) is 3.52. The summed E-state index contributed by atoms with van der Waals surface area (Å²) in [6, 6.07) is 16.4. The molecule has 0 fully saturated rings. The molecule has 0 aliphatic carbocycles. The van der Waals surface area contributed by atoms with Crippen molar-refractivity contribution in [3.8, 4) is 0 Å². The van der Waals surface area contributed by atoms with Gasteiger partial charge < -0.3 is 10.1 Å². The summed E-state index contributed by atoms with van der Waals surface area (Å²) < 4.78 is 5.21. The average Bonchev–Trinajstić information content (AvgIpc) is 2.68. The van der Waals surface area contributed by atoms with Crippen LogP contribution in [0.2, 0.25) is 0 Å². The first kappa shape index (κ1) is 20.3. The van der Waals surface area contributed by atoms with Gasteiger partial charge >= 0.3 is 5.97 Å². The number of carbonyl (C=O) groups excluding carboxylic acids is 3. The highest BCUT2D eigenvalue weighted by molar-refractivity contribution is 6.10. The van der Waals surface area contributed by atoms with Crippen LogP contribution in [-0.2, 0) is 19.1 Å². The van der Waals surface area contributed by atoms with Crippen LogP contribution in [0, 0.1) is 12.8 Å². The lowest BCUT2D eigenvalue weighted by atomic mass is 9.88. The highest BCUT2D eigenvalue weighted by atomic mass is 16.5. The molecule has 1 aliphatic rings. The van der Waals surface area contributed by atoms with Gasteiger partial charge in [-0.1, -0.05) is 30.3 Å². The van der Waals surface area contributed by atoms with Crippen LogP contribution in [-0.4, -0.2) is 24.4 Å². The number of anilines is 2. The molecule has 6 nitrogen and oxygen atoms in total. The van der Waals surface area contributed by atoms with Gasteiger partial charge in [-0.2, -0.15) is 0 Å². The largest absolute Gasteiger partial charge is 0.463 e. The Bertz CT molecular complexity index is 966. The third kappa shape index (κ3) is 4.37. The van der Waals surface area contributed by atoms with Crippen LogP contribution in [0.5, 0.6) is 0 Å². The Morgan fingerprint density at radius 2 is 1.83 bits per heavy atom. The lowest BCUT2D eigenvalue weighted by molar-refractivity contribution is -0.141. The van der Waals surface area contributed by atoms with Crippen LogP contribution < -0.4 is 10.2 Å². The first-order valence-corrected chi connectivity index (χ1v) is 9.55. The topological polar surface area (TPSA) is 75.7 Å². The predicted octanol–water partition coefficient (Wildman–Crippen LogP) is 3.82. The number of hydrogen-bond donors (Lipinski definition) is 1. The summed E-state index contributed by atoms with van der Waals surface area (Å²) in [6.45, 7) is 5.48. The third-order valence-corrected chi connectivity index (χ3v) is 4.81. The van der Waals surface area contributed by atoms with Gasteiger partial charge in [-0.25, -0.2) is 4.79 Å². The molecule has 1 aliphatic heterocycles. The van der Waals surface area contributed by atoms with Crippen molar-refractivity contribution in [1.82, 2.24) is 0 Å². The molecule has 3 rings (SSSR count).